The molecule has 1 unspecified atom stereocenters. The molecule has 1 atom stereocenters. The second-order valence-electron chi connectivity index (χ2n) is 12.7. The van der Waals surface area contributed by atoms with Gasteiger partial charge in [0.2, 0.25) is 0 Å². The first-order valence-electron chi connectivity index (χ1n) is 18.7. The van der Waals surface area contributed by atoms with Crippen molar-refractivity contribution in [2.75, 3.05) is 13.2 Å². The Morgan fingerprint density at radius 3 is 1.07 bits per heavy atom. The average molecular weight is 596 g/mol. The number of carbonyl (C=O) groups excluding carboxylic acids is 2. The van der Waals surface area contributed by atoms with Gasteiger partial charge in [-0.3, -0.25) is 9.59 Å². The number of carbonyl (C=O) groups is 2. The van der Waals surface area contributed by atoms with Crippen LogP contribution in [0.2, 0.25) is 0 Å². The molecule has 0 saturated carbocycles. The van der Waals surface area contributed by atoms with Gasteiger partial charge in [0, 0.05) is 6.42 Å². The van der Waals surface area contributed by atoms with Gasteiger partial charge in [-0.05, 0) is 19.3 Å². The Balaban J connectivity index is 3.39. The van der Waals surface area contributed by atoms with E-state index in [1.54, 1.807) is 0 Å². The van der Waals surface area contributed by atoms with Crippen LogP contribution in [0.5, 0.6) is 0 Å². The summed E-state index contributed by atoms with van der Waals surface area (Å²) in [5.41, 5.74) is 5.93. The second kappa shape index (κ2) is 34.4. The first kappa shape index (κ1) is 40.9. The Morgan fingerprint density at radius 2 is 0.738 bits per heavy atom. The SMILES string of the molecule is CCCCCCCCCCCCCCCCOC(=O)CCC(N)C(=O)OCCCCCCCCCCCCCCCC. The maximum Gasteiger partial charge on any atom is 0.322 e. The summed E-state index contributed by atoms with van der Waals surface area (Å²) in [5.74, 6) is -0.663. The van der Waals surface area contributed by atoms with E-state index in [2.05, 4.69) is 13.8 Å². The molecular formula is C37H73NO4. The van der Waals surface area contributed by atoms with Crippen LogP contribution in [0.15, 0.2) is 0 Å². The topological polar surface area (TPSA) is 78.6 Å². The molecule has 0 aliphatic heterocycles. The van der Waals surface area contributed by atoms with Crippen molar-refractivity contribution in [1.82, 2.24) is 0 Å². The Bertz CT molecular complexity index is 568. The average Bonchev–Trinajstić information content (AvgIpc) is 2.99. The molecule has 0 saturated heterocycles. The number of hydrogen-bond donors (Lipinski definition) is 1. The zero-order chi connectivity index (χ0) is 30.8. The zero-order valence-electron chi connectivity index (χ0n) is 28.4. The first-order chi connectivity index (χ1) is 20.6. The first-order valence-corrected chi connectivity index (χ1v) is 18.7. The lowest BCUT2D eigenvalue weighted by Crippen LogP contribution is -2.33. The number of esters is 2. The lowest BCUT2D eigenvalue weighted by Gasteiger charge is -2.11. The fraction of sp³-hybridized carbons (Fsp3) is 0.946. The van der Waals surface area contributed by atoms with Crippen LogP contribution in [0.1, 0.15) is 206 Å². The molecule has 0 aliphatic carbocycles. The summed E-state index contributed by atoms with van der Waals surface area (Å²) < 4.78 is 10.6. The van der Waals surface area contributed by atoms with Gasteiger partial charge in [-0.2, -0.15) is 0 Å². The van der Waals surface area contributed by atoms with E-state index < -0.39 is 12.0 Å². The largest absolute Gasteiger partial charge is 0.466 e. The van der Waals surface area contributed by atoms with E-state index in [1.165, 1.54) is 154 Å². The summed E-state index contributed by atoms with van der Waals surface area (Å²) in [6, 6.07) is -0.745. The highest BCUT2D eigenvalue weighted by atomic mass is 16.5. The van der Waals surface area contributed by atoms with E-state index in [0.717, 1.165) is 25.7 Å². The van der Waals surface area contributed by atoms with Crippen LogP contribution in [0.3, 0.4) is 0 Å². The predicted molar refractivity (Wildman–Crippen MR) is 180 cm³/mol. The van der Waals surface area contributed by atoms with Gasteiger partial charge in [0.15, 0.2) is 0 Å². The van der Waals surface area contributed by atoms with Crippen molar-refractivity contribution in [3.05, 3.63) is 0 Å². The Hall–Kier alpha value is -1.10. The molecular weight excluding hydrogens is 522 g/mol. The molecule has 0 fully saturated rings. The van der Waals surface area contributed by atoms with Gasteiger partial charge in [0.25, 0.3) is 0 Å². The van der Waals surface area contributed by atoms with Crippen LogP contribution in [0.25, 0.3) is 0 Å². The quantitative estimate of drug-likeness (QED) is 0.0591. The lowest BCUT2D eigenvalue weighted by atomic mass is 10.0. The highest BCUT2D eigenvalue weighted by Crippen LogP contribution is 2.14. The van der Waals surface area contributed by atoms with Crippen LogP contribution in [-0.4, -0.2) is 31.2 Å². The minimum Gasteiger partial charge on any atom is -0.466 e. The Labute approximate surface area is 262 Å². The van der Waals surface area contributed by atoms with Crippen molar-refractivity contribution in [3.63, 3.8) is 0 Å². The standard InChI is InChI=1S/C37H73NO4/c1-3-5-7-9-11-13-15-17-19-21-23-25-27-29-33-41-36(39)32-31-35(38)37(40)42-34-30-28-26-24-22-20-18-16-14-12-10-8-6-4-2/h35H,3-34,38H2,1-2H3. The monoisotopic (exact) mass is 596 g/mol. The van der Waals surface area contributed by atoms with Gasteiger partial charge in [-0.25, -0.2) is 0 Å². The Kier molecular flexibility index (Phi) is 33.5. The fourth-order valence-electron chi connectivity index (χ4n) is 5.52. The van der Waals surface area contributed by atoms with Gasteiger partial charge in [-0.1, -0.05) is 181 Å². The van der Waals surface area contributed by atoms with Crippen LogP contribution in [0.4, 0.5) is 0 Å². The zero-order valence-corrected chi connectivity index (χ0v) is 28.4. The van der Waals surface area contributed by atoms with E-state index >= 15 is 0 Å². The van der Waals surface area contributed by atoms with Gasteiger partial charge in [0.05, 0.1) is 13.2 Å². The van der Waals surface area contributed by atoms with E-state index in [-0.39, 0.29) is 18.8 Å². The number of ether oxygens (including phenoxy) is 2. The summed E-state index contributed by atoms with van der Waals surface area (Å²) >= 11 is 0. The molecule has 0 rings (SSSR count). The molecule has 0 heterocycles. The molecule has 5 heteroatoms. The second-order valence-corrected chi connectivity index (χ2v) is 12.7. The summed E-state index contributed by atoms with van der Waals surface area (Å²) in [5, 5.41) is 0. The van der Waals surface area contributed by atoms with Crippen molar-refractivity contribution < 1.29 is 19.1 Å². The minimum absolute atomic E-state index is 0.174. The summed E-state index contributed by atoms with van der Waals surface area (Å²) in [7, 11) is 0. The highest BCUT2D eigenvalue weighted by Gasteiger charge is 2.17. The molecule has 0 radical (unpaired) electrons. The van der Waals surface area contributed by atoms with E-state index in [9.17, 15) is 9.59 Å². The number of unbranched alkanes of at least 4 members (excludes halogenated alkanes) is 26. The normalized spacial score (nSPS) is 12.0. The van der Waals surface area contributed by atoms with Gasteiger partial charge in [-0.15, -0.1) is 0 Å². The molecule has 42 heavy (non-hydrogen) atoms. The molecule has 0 bridgehead atoms. The molecule has 0 aromatic rings. The third kappa shape index (κ3) is 31.8. The van der Waals surface area contributed by atoms with E-state index in [4.69, 9.17) is 15.2 Å². The van der Waals surface area contributed by atoms with Crippen molar-refractivity contribution in [2.24, 2.45) is 5.73 Å². The Morgan fingerprint density at radius 1 is 0.452 bits per heavy atom. The van der Waals surface area contributed by atoms with Gasteiger partial charge >= 0.3 is 11.9 Å². The lowest BCUT2D eigenvalue weighted by molar-refractivity contribution is -0.146. The molecule has 0 aromatic heterocycles. The molecule has 0 aromatic carbocycles. The molecule has 0 amide bonds. The number of nitrogens with two attached hydrogens (primary N) is 1. The predicted octanol–water partition coefficient (Wildman–Crippen LogP) is 11.1. The maximum atomic E-state index is 12.1. The van der Waals surface area contributed by atoms with Gasteiger partial charge < -0.3 is 15.2 Å². The maximum absolute atomic E-state index is 12.1. The van der Waals surface area contributed by atoms with Crippen molar-refractivity contribution in [1.29, 1.82) is 0 Å². The van der Waals surface area contributed by atoms with Crippen LogP contribution in [0, 0.1) is 0 Å². The summed E-state index contributed by atoms with van der Waals surface area (Å²) in [6.07, 6.45) is 37.0. The molecule has 5 nitrogen and oxygen atoms in total. The smallest absolute Gasteiger partial charge is 0.322 e. The van der Waals surface area contributed by atoms with Crippen molar-refractivity contribution in [3.8, 4) is 0 Å². The van der Waals surface area contributed by atoms with Crippen molar-refractivity contribution >= 4 is 11.9 Å². The van der Waals surface area contributed by atoms with Crippen LogP contribution < -0.4 is 5.73 Å². The number of hydrogen-bond acceptors (Lipinski definition) is 5. The number of rotatable bonds is 34. The molecule has 2 N–H and O–H groups in total. The summed E-state index contributed by atoms with van der Waals surface area (Å²) in [4.78, 5) is 24.1. The molecule has 0 spiro atoms. The molecule has 250 valence electrons. The van der Waals surface area contributed by atoms with Crippen LogP contribution >= 0.6 is 0 Å². The van der Waals surface area contributed by atoms with Crippen molar-refractivity contribution in [2.45, 2.75) is 213 Å². The minimum atomic E-state index is -0.745. The van der Waals surface area contributed by atoms with E-state index in [1.807, 2.05) is 0 Å². The van der Waals surface area contributed by atoms with E-state index in [0.29, 0.717) is 13.2 Å². The molecule has 0 aliphatic rings. The van der Waals surface area contributed by atoms with Gasteiger partial charge in [0.1, 0.15) is 6.04 Å². The third-order valence-corrected chi connectivity index (χ3v) is 8.47. The highest BCUT2D eigenvalue weighted by molar-refractivity contribution is 5.77. The van der Waals surface area contributed by atoms with Crippen LogP contribution in [-0.2, 0) is 19.1 Å². The summed E-state index contributed by atoms with van der Waals surface area (Å²) in [6.45, 7) is 5.43. The fourth-order valence-corrected chi connectivity index (χ4v) is 5.52. The third-order valence-electron chi connectivity index (χ3n) is 8.47.